The average molecular weight is 182 g/mol. The lowest BCUT2D eigenvalue weighted by Crippen LogP contribution is -2.12. The highest BCUT2D eigenvalue weighted by Gasteiger charge is 2.03. The zero-order valence-corrected chi connectivity index (χ0v) is 8.19. The van der Waals surface area contributed by atoms with Crippen LogP contribution >= 0.6 is 0 Å². The highest BCUT2D eigenvalue weighted by molar-refractivity contribution is 5.95. The minimum absolute atomic E-state index is 0.163. The molecule has 0 unspecified atom stereocenters. The summed E-state index contributed by atoms with van der Waals surface area (Å²) in [5.74, 6) is -0.667. The Morgan fingerprint density at radius 1 is 1.38 bits per heavy atom. The smallest absolute Gasteiger partial charge is 0.134 e. The van der Waals surface area contributed by atoms with E-state index in [1.165, 1.54) is 12.1 Å². The van der Waals surface area contributed by atoms with Gasteiger partial charge in [0.15, 0.2) is 0 Å². The van der Waals surface area contributed by atoms with E-state index in [1.807, 2.05) is 13.8 Å². The normalized spacial score (nSPS) is 8.62. The maximum Gasteiger partial charge on any atom is 0.134 e. The molecule has 1 aromatic rings. The van der Waals surface area contributed by atoms with Crippen LogP contribution in [0.1, 0.15) is 25.0 Å². The van der Waals surface area contributed by atoms with E-state index in [4.69, 9.17) is 11.1 Å². The molecular weight excluding hydrogens is 167 g/mol. The van der Waals surface area contributed by atoms with E-state index in [1.54, 1.807) is 13.0 Å². The second-order valence-corrected chi connectivity index (χ2v) is 2.40. The molecule has 0 radical (unpaired) electrons. The van der Waals surface area contributed by atoms with E-state index in [9.17, 15) is 4.39 Å². The lowest BCUT2D eigenvalue weighted by molar-refractivity contribution is 0.623. The summed E-state index contributed by atoms with van der Waals surface area (Å²) in [7, 11) is 0. The monoisotopic (exact) mass is 182 g/mol. The lowest BCUT2D eigenvalue weighted by atomic mass is 10.1. The molecule has 0 amide bonds. The first kappa shape index (κ1) is 11.6. The Bertz CT molecular complexity index is 295. The molecule has 0 aliphatic rings. The lowest BCUT2D eigenvalue weighted by Gasteiger charge is -2.00. The fourth-order valence-corrected chi connectivity index (χ4v) is 0.839. The summed E-state index contributed by atoms with van der Waals surface area (Å²) in [6.07, 6.45) is 0. The summed E-state index contributed by atoms with van der Waals surface area (Å²) in [6.45, 7) is 5.78. The molecule has 0 fully saturated rings. The van der Waals surface area contributed by atoms with E-state index in [0.29, 0.717) is 0 Å². The minimum atomic E-state index is -0.433. The number of nitrogens with two attached hydrogens (primary N) is 1. The van der Waals surface area contributed by atoms with Gasteiger partial charge in [0.1, 0.15) is 11.7 Å². The second kappa shape index (κ2) is 5.30. The zero-order chi connectivity index (χ0) is 10.4. The van der Waals surface area contributed by atoms with Crippen LogP contribution in [-0.4, -0.2) is 5.84 Å². The van der Waals surface area contributed by atoms with Crippen LogP contribution in [0, 0.1) is 18.2 Å². The van der Waals surface area contributed by atoms with Gasteiger partial charge in [-0.25, -0.2) is 4.39 Å². The molecule has 0 aliphatic carbocycles. The topological polar surface area (TPSA) is 49.9 Å². The maximum absolute atomic E-state index is 12.9. The fourth-order valence-electron chi connectivity index (χ4n) is 0.839. The predicted octanol–water partition coefficient (Wildman–Crippen LogP) is 2.44. The van der Waals surface area contributed by atoms with Gasteiger partial charge in [0, 0.05) is 0 Å². The molecule has 3 N–H and O–H groups in total. The van der Waals surface area contributed by atoms with Gasteiger partial charge in [0.05, 0.1) is 5.56 Å². The number of aryl methyl sites for hydroxylation is 1. The molecule has 0 saturated carbocycles. The summed E-state index contributed by atoms with van der Waals surface area (Å²) in [4.78, 5) is 0. The summed E-state index contributed by atoms with van der Waals surface area (Å²) < 4.78 is 12.9. The number of halogens is 1. The predicted molar refractivity (Wildman–Crippen MR) is 53.5 cm³/mol. The van der Waals surface area contributed by atoms with Gasteiger partial charge in [-0.15, -0.1) is 0 Å². The highest BCUT2D eigenvalue weighted by atomic mass is 19.1. The molecule has 13 heavy (non-hydrogen) atoms. The van der Waals surface area contributed by atoms with Gasteiger partial charge in [0.2, 0.25) is 0 Å². The standard InChI is InChI=1S/C8H9FN2.C2H6/c1-5-2-3-6(8(10)11)7(9)4-5;1-2/h2-4H,1H3,(H3,10,11);1-2H3. The van der Waals surface area contributed by atoms with Gasteiger partial charge < -0.3 is 5.73 Å². The van der Waals surface area contributed by atoms with Crippen LogP contribution in [0.3, 0.4) is 0 Å². The third kappa shape index (κ3) is 3.23. The molecule has 3 heteroatoms. The summed E-state index contributed by atoms with van der Waals surface area (Å²) in [5, 5.41) is 6.98. The molecule has 72 valence electrons. The number of hydrogen-bond acceptors (Lipinski definition) is 1. The van der Waals surface area contributed by atoms with Gasteiger partial charge in [-0.2, -0.15) is 0 Å². The van der Waals surface area contributed by atoms with Crippen LogP contribution < -0.4 is 5.73 Å². The Morgan fingerprint density at radius 2 is 1.92 bits per heavy atom. The molecule has 0 spiro atoms. The Kier molecular flexibility index (Phi) is 4.74. The van der Waals surface area contributed by atoms with E-state index in [0.717, 1.165) is 5.56 Å². The van der Waals surface area contributed by atoms with Crippen molar-refractivity contribution >= 4 is 5.84 Å². The van der Waals surface area contributed by atoms with Crippen LogP contribution in [-0.2, 0) is 0 Å². The van der Waals surface area contributed by atoms with Crippen LogP contribution in [0.4, 0.5) is 4.39 Å². The highest BCUT2D eigenvalue weighted by Crippen LogP contribution is 2.08. The van der Waals surface area contributed by atoms with E-state index in [-0.39, 0.29) is 11.4 Å². The van der Waals surface area contributed by atoms with Crippen molar-refractivity contribution in [1.82, 2.24) is 0 Å². The largest absolute Gasteiger partial charge is 0.384 e. The van der Waals surface area contributed by atoms with Crippen LogP contribution in [0.2, 0.25) is 0 Å². The fraction of sp³-hybridized carbons (Fsp3) is 0.300. The summed E-state index contributed by atoms with van der Waals surface area (Å²) in [6, 6.07) is 4.59. The van der Waals surface area contributed by atoms with Crippen LogP contribution in [0.5, 0.6) is 0 Å². The Balaban J connectivity index is 0.000000671. The molecule has 0 aliphatic heterocycles. The van der Waals surface area contributed by atoms with Crippen molar-refractivity contribution in [3.63, 3.8) is 0 Å². The first-order valence-corrected chi connectivity index (χ1v) is 4.22. The van der Waals surface area contributed by atoms with Gasteiger partial charge >= 0.3 is 0 Å². The van der Waals surface area contributed by atoms with Crippen molar-refractivity contribution in [3.05, 3.63) is 35.1 Å². The first-order chi connectivity index (χ1) is 6.11. The summed E-state index contributed by atoms with van der Waals surface area (Å²) in [5.41, 5.74) is 6.10. The molecule has 0 heterocycles. The van der Waals surface area contributed by atoms with Crippen molar-refractivity contribution in [2.45, 2.75) is 20.8 Å². The number of nitrogen functional groups attached to an aromatic ring is 1. The Labute approximate surface area is 78.1 Å². The average Bonchev–Trinajstić information content (AvgIpc) is 2.07. The van der Waals surface area contributed by atoms with Gasteiger partial charge in [-0.05, 0) is 24.6 Å². The van der Waals surface area contributed by atoms with E-state index in [2.05, 4.69) is 0 Å². The van der Waals surface area contributed by atoms with Gasteiger partial charge in [-0.3, -0.25) is 5.41 Å². The number of rotatable bonds is 1. The van der Waals surface area contributed by atoms with Crippen molar-refractivity contribution in [1.29, 1.82) is 5.41 Å². The number of amidine groups is 1. The Hall–Kier alpha value is -1.38. The molecule has 0 saturated heterocycles. The molecular formula is C10H15FN2. The second-order valence-electron chi connectivity index (χ2n) is 2.40. The minimum Gasteiger partial charge on any atom is -0.384 e. The number of benzene rings is 1. The first-order valence-electron chi connectivity index (χ1n) is 4.22. The van der Waals surface area contributed by atoms with E-state index >= 15 is 0 Å². The third-order valence-corrected chi connectivity index (χ3v) is 1.41. The van der Waals surface area contributed by atoms with Gasteiger partial charge in [-0.1, -0.05) is 19.9 Å². The maximum atomic E-state index is 12.9. The Morgan fingerprint density at radius 3 is 2.31 bits per heavy atom. The van der Waals surface area contributed by atoms with Crippen molar-refractivity contribution in [2.75, 3.05) is 0 Å². The van der Waals surface area contributed by atoms with Crippen molar-refractivity contribution in [2.24, 2.45) is 5.73 Å². The SMILES string of the molecule is CC.Cc1ccc(C(=N)N)c(F)c1. The summed E-state index contributed by atoms with van der Waals surface area (Å²) >= 11 is 0. The molecule has 0 bridgehead atoms. The van der Waals surface area contributed by atoms with Crippen molar-refractivity contribution in [3.8, 4) is 0 Å². The van der Waals surface area contributed by atoms with Crippen LogP contribution in [0.25, 0.3) is 0 Å². The molecule has 1 aromatic carbocycles. The van der Waals surface area contributed by atoms with Crippen molar-refractivity contribution < 1.29 is 4.39 Å². The van der Waals surface area contributed by atoms with E-state index < -0.39 is 5.82 Å². The molecule has 0 atom stereocenters. The quantitative estimate of drug-likeness (QED) is 0.508. The molecule has 2 nitrogen and oxygen atoms in total. The van der Waals surface area contributed by atoms with Crippen LogP contribution in [0.15, 0.2) is 18.2 Å². The molecule has 1 rings (SSSR count). The number of nitrogens with one attached hydrogen (secondary N) is 1. The molecule has 0 aromatic heterocycles. The third-order valence-electron chi connectivity index (χ3n) is 1.41. The zero-order valence-electron chi connectivity index (χ0n) is 8.19. The number of hydrogen-bond donors (Lipinski definition) is 2. The van der Waals surface area contributed by atoms with Gasteiger partial charge in [0.25, 0.3) is 0 Å².